The van der Waals surface area contributed by atoms with E-state index in [4.69, 9.17) is 5.73 Å². The largest absolute Gasteiger partial charge is 0.336 e. The third-order valence-electron chi connectivity index (χ3n) is 2.94. The molecule has 0 spiro atoms. The van der Waals surface area contributed by atoms with Crippen molar-refractivity contribution in [3.63, 3.8) is 0 Å². The van der Waals surface area contributed by atoms with E-state index < -0.39 is 6.04 Å². The van der Waals surface area contributed by atoms with E-state index in [0.717, 1.165) is 5.69 Å². The number of rotatable bonds is 4. The highest BCUT2D eigenvalue weighted by Crippen LogP contribution is 2.17. The van der Waals surface area contributed by atoms with Crippen LogP contribution in [0.25, 0.3) is 0 Å². The Morgan fingerprint density at radius 3 is 2.47 bits per heavy atom. The van der Waals surface area contributed by atoms with Gasteiger partial charge in [0, 0.05) is 19.4 Å². The Labute approximate surface area is 102 Å². The van der Waals surface area contributed by atoms with Crippen molar-refractivity contribution in [2.24, 2.45) is 11.7 Å². The van der Waals surface area contributed by atoms with Gasteiger partial charge in [-0.2, -0.15) is 0 Å². The van der Waals surface area contributed by atoms with Gasteiger partial charge in [-0.25, -0.2) is 0 Å². The number of carbonyl (C=O) groups excluding carboxylic acids is 1. The molecule has 1 rings (SSSR count). The second-order valence-corrected chi connectivity index (χ2v) is 4.53. The van der Waals surface area contributed by atoms with Crippen LogP contribution in [-0.2, 0) is 4.79 Å². The Morgan fingerprint density at radius 2 is 2.00 bits per heavy atom. The molecule has 1 aromatic rings. The molecule has 0 bridgehead atoms. The van der Waals surface area contributed by atoms with Crippen LogP contribution in [0.5, 0.6) is 0 Å². The molecule has 2 atom stereocenters. The van der Waals surface area contributed by atoms with Gasteiger partial charge in [0.2, 0.25) is 5.91 Å². The van der Waals surface area contributed by atoms with Crippen LogP contribution in [0.3, 0.4) is 0 Å². The molecule has 1 heterocycles. The average molecular weight is 236 g/mol. The van der Waals surface area contributed by atoms with Gasteiger partial charge in [0.05, 0.1) is 24.0 Å². The molecule has 5 nitrogen and oxygen atoms in total. The van der Waals surface area contributed by atoms with Crippen molar-refractivity contribution in [3.05, 3.63) is 24.3 Å². The van der Waals surface area contributed by atoms with Gasteiger partial charge in [-0.3, -0.25) is 14.8 Å². The Morgan fingerprint density at radius 1 is 1.35 bits per heavy atom. The van der Waals surface area contributed by atoms with E-state index in [1.54, 1.807) is 30.5 Å². The molecule has 0 aromatic carbocycles. The molecule has 2 N–H and O–H groups in total. The minimum absolute atomic E-state index is 0.0712. The van der Waals surface area contributed by atoms with Crippen LogP contribution in [0.1, 0.15) is 32.5 Å². The zero-order valence-electron chi connectivity index (χ0n) is 10.8. The average Bonchev–Trinajstić information content (AvgIpc) is 2.36. The van der Waals surface area contributed by atoms with E-state index in [-0.39, 0.29) is 17.9 Å². The molecule has 0 radical (unpaired) electrons. The second-order valence-electron chi connectivity index (χ2n) is 4.53. The highest BCUT2D eigenvalue weighted by molar-refractivity contribution is 5.82. The fraction of sp³-hybridized carbons (Fsp3) is 0.583. The fourth-order valence-corrected chi connectivity index (χ4v) is 1.44. The molecule has 17 heavy (non-hydrogen) atoms. The van der Waals surface area contributed by atoms with E-state index in [1.807, 2.05) is 20.8 Å². The number of amides is 1. The van der Waals surface area contributed by atoms with Crippen LogP contribution in [0.4, 0.5) is 0 Å². The van der Waals surface area contributed by atoms with Gasteiger partial charge in [-0.1, -0.05) is 13.8 Å². The van der Waals surface area contributed by atoms with Gasteiger partial charge in [0.15, 0.2) is 0 Å². The van der Waals surface area contributed by atoms with Crippen molar-refractivity contribution in [2.75, 3.05) is 7.05 Å². The lowest BCUT2D eigenvalue weighted by atomic mass is 10.0. The minimum Gasteiger partial charge on any atom is -0.336 e. The lowest BCUT2D eigenvalue weighted by molar-refractivity contribution is -0.134. The Balaban J connectivity index is 2.77. The molecule has 1 amide bonds. The first-order valence-electron chi connectivity index (χ1n) is 5.73. The normalized spacial score (nSPS) is 14.5. The number of likely N-dealkylation sites (N-methyl/N-ethyl adjacent to an activating group) is 1. The molecular weight excluding hydrogens is 216 g/mol. The van der Waals surface area contributed by atoms with Crippen LogP contribution in [0.15, 0.2) is 18.6 Å². The van der Waals surface area contributed by atoms with E-state index in [9.17, 15) is 4.79 Å². The second kappa shape index (κ2) is 5.72. The highest BCUT2D eigenvalue weighted by Gasteiger charge is 2.25. The standard InChI is InChI=1S/C12H20N4O/c1-8(2)11(13)12(17)16(4)9(3)10-7-14-5-6-15-10/h5-9,11H,13H2,1-4H3/t9?,11-/m0/s1. The first-order chi connectivity index (χ1) is 7.95. The van der Waals surface area contributed by atoms with Crippen LogP contribution in [-0.4, -0.2) is 33.9 Å². The zero-order chi connectivity index (χ0) is 13.0. The predicted molar refractivity (Wildman–Crippen MR) is 66.0 cm³/mol. The third-order valence-corrected chi connectivity index (χ3v) is 2.94. The van der Waals surface area contributed by atoms with Crippen molar-refractivity contribution in [3.8, 4) is 0 Å². The Kier molecular flexibility index (Phi) is 4.57. The summed E-state index contributed by atoms with van der Waals surface area (Å²) in [5.41, 5.74) is 6.61. The summed E-state index contributed by atoms with van der Waals surface area (Å²) >= 11 is 0. The van der Waals surface area contributed by atoms with E-state index in [2.05, 4.69) is 9.97 Å². The predicted octanol–water partition coefficient (Wildman–Crippen LogP) is 0.979. The number of hydrogen-bond acceptors (Lipinski definition) is 4. The summed E-state index contributed by atoms with van der Waals surface area (Å²) in [5, 5.41) is 0. The van der Waals surface area contributed by atoms with Crippen molar-refractivity contribution in [1.82, 2.24) is 14.9 Å². The van der Waals surface area contributed by atoms with Crippen LogP contribution < -0.4 is 5.73 Å². The smallest absolute Gasteiger partial charge is 0.240 e. The van der Waals surface area contributed by atoms with Crippen molar-refractivity contribution >= 4 is 5.91 Å². The van der Waals surface area contributed by atoms with Crippen LogP contribution in [0, 0.1) is 5.92 Å². The molecule has 0 aliphatic carbocycles. The molecule has 0 aliphatic heterocycles. The zero-order valence-corrected chi connectivity index (χ0v) is 10.8. The number of nitrogens with zero attached hydrogens (tertiary/aromatic N) is 3. The van der Waals surface area contributed by atoms with Crippen LogP contribution >= 0.6 is 0 Å². The van der Waals surface area contributed by atoms with Gasteiger partial charge < -0.3 is 10.6 Å². The molecule has 94 valence electrons. The maximum absolute atomic E-state index is 12.1. The Bertz CT molecular complexity index is 366. The van der Waals surface area contributed by atoms with E-state index in [1.165, 1.54) is 0 Å². The molecule has 0 saturated heterocycles. The minimum atomic E-state index is -0.473. The van der Waals surface area contributed by atoms with E-state index >= 15 is 0 Å². The maximum Gasteiger partial charge on any atom is 0.240 e. The quantitative estimate of drug-likeness (QED) is 0.845. The molecule has 5 heteroatoms. The number of nitrogens with two attached hydrogens (primary N) is 1. The summed E-state index contributed by atoms with van der Waals surface area (Å²) in [7, 11) is 1.74. The number of aromatic nitrogens is 2. The molecular formula is C12H20N4O. The molecule has 0 aliphatic rings. The lowest BCUT2D eigenvalue weighted by Gasteiger charge is -2.28. The highest BCUT2D eigenvalue weighted by atomic mass is 16.2. The summed E-state index contributed by atoms with van der Waals surface area (Å²) in [6, 6.07) is -0.597. The molecule has 1 aromatic heterocycles. The number of carbonyl (C=O) groups is 1. The summed E-state index contributed by atoms with van der Waals surface area (Å²) in [6.45, 7) is 5.78. The van der Waals surface area contributed by atoms with Gasteiger partial charge in [0.1, 0.15) is 0 Å². The summed E-state index contributed by atoms with van der Waals surface area (Å²) in [5.74, 6) is 0.0529. The van der Waals surface area contributed by atoms with Crippen LogP contribution in [0.2, 0.25) is 0 Å². The monoisotopic (exact) mass is 236 g/mol. The van der Waals surface area contributed by atoms with Gasteiger partial charge >= 0.3 is 0 Å². The molecule has 1 unspecified atom stereocenters. The summed E-state index contributed by atoms with van der Waals surface area (Å²) in [6.07, 6.45) is 4.89. The number of hydrogen-bond donors (Lipinski definition) is 1. The first kappa shape index (κ1) is 13.6. The summed E-state index contributed by atoms with van der Waals surface area (Å²) in [4.78, 5) is 21.9. The van der Waals surface area contributed by atoms with Gasteiger partial charge in [-0.15, -0.1) is 0 Å². The fourth-order valence-electron chi connectivity index (χ4n) is 1.44. The van der Waals surface area contributed by atoms with E-state index in [0.29, 0.717) is 0 Å². The molecule has 0 saturated carbocycles. The lowest BCUT2D eigenvalue weighted by Crippen LogP contribution is -2.45. The maximum atomic E-state index is 12.1. The van der Waals surface area contributed by atoms with Crippen molar-refractivity contribution in [1.29, 1.82) is 0 Å². The Hall–Kier alpha value is -1.49. The third kappa shape index (κ3) is 3.23. The summed E-state index contributed by atoms with van der Waals surface area (Å²) < 4.78 is 0. The topological polar surface area (TPSA) is 72.1 Å². The van der Waals surface area contributed by atoms with Crippen molar-refractivity contribution in [2.45, 2.75) is 32.9 Å². The first-order valence-corrected chi connectivity index (χ1v) is 5.73. The molecule has 0 fully saturated rings. The SMILES string of the molecule is CC(C)[C@H](N)C(=O)N(C)C(C)c1cnccn1. The van der Waals surface area contributed by atoms with Gasteiger partial charge in [0.25, 0.3) is 0 Å². The van der Waals surface area contributed by atoms with Gasteiger partial charge in [-0.05, 0) is 12.8 Å². The van der Waals surface area contributed by atoms with Crippen molar-refractivity contribution < 1.29 is 4.79 Å².